The molecule has 0 unspecified atom stereocenters. The molecule has 6 heteroatoms. The Bertz CT molecular complexity index is 327. The van der Waals surface area contributed by atoms with Crippen molar-refractivity contribution in [2.24, 2.45) is 0 Å². The standard InChI is InChI=1S/C9H14ClN3OS/c1-15-9(3-4-9)6-11-8-13-12-7(14-8)2-5-10/h2-6H2,1H3,(H,11,13). The minimum atomic E-state index is 0.404. The molecule has 0 spiro atoms. The monoisotopic (exact) mass is 247 g/mol. The average Bonchev–Trinajstić information content (AvgIpc) is 2.91. The van der Waals surface area contributed by atoms with Crippen molar-refractivity contribution in [3.8, 4) is 0 Å². The fourth-order valence-electron chi connectivity index (χ4n) is 1.34. The Morgan fingerprint density at radius 2 is 2.33 bits per heavy atom. The van der Waals surface area contributed by atoms with E-state index in [1.807, 2.05) is 11.8 Å². The van der Waals surface area contributed by atoms with Gasteiger partial charge in [0.25, 0.3) is 0 Å². The molecule has 2 rings (SSSR count). The molecule has 1 fully saturated rings. The maximum atomic E-state index is 5.58. The van der Waals surface area contributed by atoms with Gasteiger partial charge in [0.2, 0.25) is 5.89 Å². The maximum Gasteiger partial charge on any atom is 0.315 e. The van der Waals surface area contributed by atoms with E-state index in [2.05, 4.69) is 21.8 Å². The van der Waals surface area contributed by atoms with Crippen LogP contribution in [0.15, 0.2) is 4.42 Å². The van der Waals surface area contributed by atoms with E-state index in [0.29, 0.717) is 29.0 Å². The van der Waals surface area contributed by atoms with Gasteiger partial charge in [0.15, 0.2) is 0 Å². The smallest absolute Gasteiger partial charge is 0.315 e. The summed E-state index contributed by atoms with van der Waals surface area (Å²) in [4.78, 5) is 0. The van der Waals surface area contributed by atoms with E-state index in [0.717, 1.165) is 6.54 Å². The molecule has 1 N–H and O–H groups in total. The van der Waals surface area contributed by atoms with Crippen LogP contribution in [0.5, 0.6) is 0 Å². The van der Waals surface area contributed by atoms with E-state index in [-0.39, 0.29) is 0 Å². The third kappa shape index (κ3) is 2.78. The normalized spacial score (nSPS) is 17.7. The quantitative estimate of drug-likeness (QED) is 0.781. The van der Waals surface area contributed by atoms with Gasteiger partial charge in [0.05, 0.1) is 0 Å². The zero-order valence-corrected chi connectivity index (χ0v) is 10.2. The van der Waals surface area contributed by atoms with E-state index in [1.54, 1.807) is 0 Å². The van der Waals surface area contributed by atoms with Crippen molar-refractivity contribution in [3.63, 3.8) is 0 Å². The molecular weight excluding hydrogens is 234 g/mol. The molecule has 1 aliphatic rings. The number of nitrogens with zero attached hydrogens (tertiary/aromatic N) is 2. The van der Waals surface area contributed by atoms with Gasteiger partial charge in [-0.2, -0.15) is 11.8 Å². The largest absolute Gasteiger partial charge is 0.408 e. The predicted molar refractivity (Wildman–Crippen MR) is 62.7 cm³/mol. The lowest BCUT2D eigenvalue weighted by Gasteiger charge is -2.10. The predicted octanol–water partition coefficient (Wildman–Crippen LogP) is 2.16. The number of hydrogen-bond acceptors (Lipinski definition) is 5. The molecule has 15 heavy (non-hydrogen) atoms. The second-order valence-electron chi connectivity index (χ2n) is 3.68. The van der Waals surface area contributed by atoms with Crippen LogP contribution in [0, 0.1) is 0 Å². The fourth-order valence-corrected chi connectivity index (χ4v) is 2.22. The first-order valence-corrected chi connectivity index (χ1v) is 6.71. The summed E-state index contributed by atoms with van der Waals surface area (Å²) in [6.45, 7) is 0.899. The Labute approximate surface area is 98.2 Å². The van der Waals surface area contributed by atoms with Crippen molar-refractivity contribution >= 4 is 29.4 Å². The number of thioether (sulfide) groups is 1. The van der Waals surface area contributed by atoms with Crippen molar-refractivity contribution in [1.82, 2.24) is 10.2 Å². The van der Waals surface area contributed by atoms with Crippen LogP contribution in [0.2, 0.25) is 0 Å². The number of rotatable bonds is 6. The average molecular weight is 248 g/mol. The number of halogens is 1. The second-order valence-corrected chi connectivity index (χ2v) is 5.33. The zero-order valence-electron chi connectivity index (χ0n) is 8.62. The molecular formula is C9H14ClN3OS. The maximum absolute atomic E-state index is 5.58. The van der Waals surface area contributed by atoms with Gasteiger partial charge in [-0.25, -0.2) is 0 Å². The van der Waals surface area contributed by atoms with Gasteiger partial charge >= 0.3 is 6.01 Å². The molecule has 0 radical (unpaired) electrons. The minimum Gasteiger partial charge on any atom is -0.408 e. The first-order valence-electron chi connectivity index (χ1n) is 4.95. The summed E-state index contributed by atoms with van der Waals surface area (Å²) in [5.41, 5.74) is 0. The first kappa shape index (κ1) is 11.1. The third-order valence-electron chi connectivity index (χ3n) is 2.58. The van der Waals surface area contributed by atoms with Gasteiger partial charge in [-0.3, -0.25) is 0 Å². The number of hydrogen-bond donors (Lipinski definition) is 1. The molecule has 0 aromatic carbocycles. The number of aryl methyl sites for hydroxylation is 1. The Morgan fingerprint density at radius 3 is 2.93 bits per heavy atom. The van der Waals surface area contributed by atoms with Gasteiger partial charge in [-0.05, 0) is 19.1 Å². The van der Waals surface area contributed by atoms with Crippen LogP contribution >= 0.6 is 23.4 Å². The summed E-state index contributed by atoms with van der Waals surface area (Å²) in [6.07, 6.45) is 5.30. The van der Waals surface area contributed by atoms with Crippen molar-refractivity contribution in [1.29, 1.82) is 0 Å². The highest BCUT2D eigenvalue weighted by molar-refractivity contribution is 8.00. The SMILES string of the molecule is CSC1(CNc2nnc(CCCl)o2)CC1. The Morgan fingerprint density at radius 1 is 1.53 bits per heavy atom. The number of alkyl halides is 1. The van der Waals surface area contributed by atoms with Crippen LogP contribution in [0.4, 0.5) is 6.01 Å². The lowest BCUT2D eigenvalue weighted by Crippen LogP contribution is -2.17. The van der Waals surface area contributed by atoms with Crippen LogP contribution in [0.1, 0.15) is 18.7 Å². The number of anilines is 1. The van der Waals surface area contributed by atoms with Crippen molar-refractivity contribution < 1.29 is 4.42 Å². The highest BCUT2D eigenvalue weighted by atomic mass is 35.5. The van der Waals surface area contributed by atoms with Crippen LogP contribution in [-0.4, -0.2) is 33.6 Å². The minimum absolute atomic E-state index is 0.404. The third-order valence-corrected chi connectivity index (χ3v) is 4.19. The molecule has 1 heterocycles. The molecule has 0 bridgehead atoms. The highest BCUT2D eigenvalue weighted by Gasteiger charge is 2.41. The second kappa shape index (κ2) is 4.61. The van der Waals surface area contributed by atoms with E-state index in [4.69, 9.17) is 16.0 Å². The van der Waals surface area contributed by atoms with E-state index < -0.39 is 0 Å². The molecule has 1 aliphatic carbocycles. The molecule has 84 valence electrons. The van der Waals surface area contributed by atoms with Crippen LogP contribution in [0.3, 0.4) is 0 Å². The molecule has 0 atom stereocenters. The van der Waals surface area contributed by atoms with E-state index in [9.17, 15) is 0 Å². The Hall–Kier alpha value is -0.420. The summed E-state index contributed by atoms with van der Waals surface area (Å²) in [5, 5.41) is 11.0. The van der Waals surface area contributed by atoms with E-state index in [1.165, 1.54) is 12.8 Å². The van der Waals surface area contributed by atoms with Crippen LogP contribution in [-0.2, 0) is 6.42 Å². The summed E-state index contributed by atoms with van der Waals surface area (Å²) in [5.74, 6) is 1.11. The molecule has 1 aromatic heterocycles. The molecule has 4 nitrogen and oxygen atoms in total. The Balaban J connectivity index is 1.83. The van der Waals surface area contributed by atoms with Gasteiger partial charge in [0, 0.05) is 23.6 Å². The Kier molecular flexibility index (Phi) is 3.41. The van der Waals surface area contributed by atoms with Crippen molar-refractivity contribution in [2.45, 2.75) is 24.0 Å². The van der Waals surface area contributed by atoms with Gasteiger partial charge in [-0.15, -0.1) is 16.7 Å². The summed E-state index contributed by atoms with van der Waals surface area (Å²) in [6, 6.07) is 0.510. The van der Waals surface area contributed by atoms with Crippen molar-refractivity contribution in [2.75, 3.05) is 24.0 Å². The summed E-state index contributed by atoms with van der Waals surface area (Å²) >= 11 is 7.48. The van der Waals surface area contributed by atoms with Crippen LogP contribution < -0.4 is 5.32 Å². The zero-order chi connectivity index (χ0) is 10.7. The molecule has 1 saturated carbocycles. The molecule has 1 aromatic rings. The number of aromatic nitrogens is 2. The van der Waals surface area contributed by atoms with Gasteiger partial charge < -0.3 is 9.73 Å². The van der Waals surface area contributed by atoms with Crippen LogP contribution in [0.25, 0.3) is 0 Å². The number of nitrogens with one attached hydrogen (secondary N) is 1. The lowest BCUT2D eigenvalue weighted by molar-refractivity contribution is 0.512. The lowest BCUT2D eigenvalue weighted by atomic mass is 10.4. The topological polar surface area (TPSA) is 51.0 Å². The molecule has 0 amide bonds. The first-order chi connectivity index (χ1) is 7.28. The molecule has 0 aliphatic heterocycles. The van der Waals surface area contributed by atoms with Gasteiger partial charge in [0.1, 0.15) is 0 Å². The summed E-state index contributed by atoms with van der Waals surface area (Å²) in [7, 11) is 0. The van der Waals surface area contributed by atoms with E-state index >= 15 is 0 Å². The summed E-state index contributed by atoms with van der Waals surface area (Å²) < 4.78 is 5.77. The molecule has 0 saturated heterocycles. The van der Waals surface area contributed by atoms with Crippen molar-refractivity contribution in [3.05, 3.63) is 5.89 Å². The highest BCUT2D eigenvalue weighted by Crippen LogP contribution is 2.46. The van der Waals surface area contributed by atoms with Gasteiger partial charge in [-0.1, -0.05) is 5.10 Å². The fraction of sp³-hybridized carbons (Fsp3) is 0.778.